The van der Waals surface area contributed by atoms with Gasteiger partial charge in [0.1, 0.15) is 10.6 Å². The summed E-state index contributed by atoms with van der Waals surface area (Å²) in [7, 11) is -2.27. The smallest absolute Gasteiger partial charge is 0.247 e. The molecule has 4 rings (SSSR count). The molecule has 2 aliphatic heterocycles. The van der Waals surface area contributed by atoms with Crippen molar-refractivity contribution >= 4 is 10.0 Å². The second-order valence-electron chi connectivity index (χ2n) is 6.98. The number of piperidine rings is 2. The number of fused-ring (bicyclic) bond motifs is 2. The summed E-state index contributed by atoms with van der Waals surface area (Å²) < 4.78 is 35.7. The number of benzene rings is 1. The Bertz CT molecular complexity index is 868. The van der Waals surface area contributed by atoms with Crippen LogP contribution in [0.2, 0.25) is 0 Å². The normalized spacial score (nSPS) is 26.6. The van der Waals surface area contributed by atoms with Crippen LogP contribution >= 0.6 is 0 Å². The summed E-state index contributed by atoms with van der Waals surface area (Å²) >= 11 is 0. The fraction of sp³-hybridized carbons (Fsp3) is 0.500. The monoisotopic (exact) mass is 377 g/mol. The van der Waals surface area contributed by atoms with E-state index in [-0.39, 0.29) is 17.0 Å². The lowest BCUT2D eigenvalue weighted by Crippen LogP contribution is -2.55. The first kappa shape index (κ1) is 17.5. The first-order valence-corrected chi connectivity index (χ1v) is 10.3. The van der Waals surface area contributed by atoms with Gasteiger partial charge in [-0.05, 0) is 49.9 Å². The van der Waals surface area contributed by atoms with E-state index >= 15 is 0 Å². The zero-order chi connectivity index (χ0) is 18.3. The fourth-order valence-corrected chi connectivity index (χ4v) is 6.32. The molecule has 0 radical (unpaired) electrons. The largest absolute Gasteiger partial charge is 0.495 e. The average Bonchev–Trinajstić information content (AvgIpc) is 3.15. The molecule has 1 aromatic carbocycles. The van der Waals surface area contributed by atoms with Gasteiger partial charge in [0.25, 0.3) is 0 Å². The Morgan fingerprint density at radius 1 is 1.23 bits per heavy atom. The van der Waals surface area contributed by atoms with E-state index in [1.54, 1.807) is 45.6 Å². The summed E-state index contributed by atoms with van der Waals surface area (Å²) in [6.07, 6.45) is 6.56. The molecular formula is C18H23N3O4S. The topological polar surface area (TPSA) is 84.7 Å². The number of aliphatic hydroxyl groups excluding tert-OH is 1. The second kappa shape index (κ2) is 6.68. The highest BCUT2D eigenvalue weighted by Crippen LogP contribution is 2.40. The lowest BCUT2D eigenvalue weighted by atomic mass is 9.85. The van der Waals surface area contributed by atoms with Crippen molar-refractivity contribution in [2.75, 3.05) is 7.11 Å². The van der Waals surface area contributed by atoms with Crippen LogP contribution in [0, 0.1) is 0 Å². The Balaban J connectivity index is 1.79. The van der Waals surface area contributed by atoms with Crippen molar-refractivity contribution in [2.24, 2.45) is 0 Å². The van der Waals surface area contributed by atoms with Crippen molar-refractivity contribution in [1.82, 2.24) is 14.1 Å². The van der Waals surface area contributed by atoms with Gasteiger partial charge in [0.05, 0.1) is 18.9 Å². The quantitative estimate of drug-likeness (QED) is 0.880. The van der Waals surface area contributed by atoms with Crippen LogP contribution in [0.15, 0.2) is 41.6 Å². The van der Waals surface area contributed by atoms with Crippen LogP contribution in [0.1, 0.15) is 32.1 Å². The van der Waals surface area contributed by atoms with Gasteiger partial charge in [0.2, 0.25) is 10.0 Å². The minimum atomic E-state index is -3.74. The molecule has 0 aliphatic carbocycles. The maximum absolute atomic E-state index is 13.5. The molecule has 26 heavy (non-hydrogen) atoms. The summed E-state index contributed by atoms with van der Waals surface area (Å²) in [4.78, 5) is 0.154. The molecule has 3 atom stereocenters. The molecule has 2 bridgehead atoms. The number of hydrogen-bond donors (Lipinski definition) is 1. The minimum Gasteiger partial charge on any atom is -0.495 e. The highest BCUT2D eigenvalue weighted by atomic mass is 32.2. The fourth-order valence-electron chi connectivity index (χ4n) is 4.25. The van der Waals surface area contributed by atoms with E-state index in [0.29, 0.717) is 24.3 Å². The van der Waals surface area contributed by atoms with Crippen molar-refractivity contribution in [1.29, 1.82) is 0 Å². The Hall–Kier alpha value is -1.90. The molecule has 140 valence electrons. The van der Waals surface area contributed by atoms with Crippen LogP contribution < -0.4 is 4.74 Å². The molecule has 1 unspecified atom stereocenters. The minimum absolute atomic E-state index is 0.152. The summed E-state index contributed by atoms with van der Waals surface area (Å²) in [6.45, 7) is 0. The average molecular weight is 377 g/mol. The molecule has 0 amide bonds. The van der Waals surface area contributed by atoms with E-state index in [4.69, 9.17) is 4.74 Å². The number of hydrogen-bond acceptors (Lipinski definition) is 5. The number of methoxy groups -OCH3 is 1. The first-order valence-electron chi connectivity index (χ1n) is 8.90. The summed E-state index contributed by atoms with van der Waals surface area (Å²) in [5.74, 6) is 0.324. The lowest BCUT2D eigenvalue weighted by molar-refractivity contribution is 0.0219. The Kier molecular flexibility index (Phi) is 4.50. The van der Waals surface area contributed by atoms with Gasteiger partial charge in [-0.3, -0.25) is 0 Å². The number of aliphatic hydroxyl groups is 1. The molecular weight excluding hydrogens is 354 g/mol. The van der Waals surface area contributed by atoms with Gasteiger partial charge in [-0.1, -0.05) is 6.42 Å². The third kappa shape index (κ3) is 2.91. The Morgan fingerprint density at radius 3 is 2.58 bits per heavy atom. The molecule has 2 fully saturated rings. The molecule has 3 heterocycles. The third-order valence-corrected chi connectivity index (χ3v) is 7.38. The molecule has 2 saturated heterocycles. The van der Waals surface area contributed by atoms with Gasteiger partial charge in [0.15, 0.2) is 0 Å². The lowest BCUT2D eigenvalue weighted by Gasteiger charge is -2.46. The number of ether oxygens (including phenoxy) is 1. The van der Waals surface area contributed by atoms with E-state index < -0.39 is 16.1 Å². The number of nitrogens with zero attached hydrogens (tertiary/aromatic N) is 3. The zero-order valence-electron chi connectivity index (χ0n) is 14.7. The van der Waals surface area contributed by atoms with Crippen LogP contribution in [-0.4, -0.2) is 52.9 Å². The van der Waals surface area contributed by atoms with Gasteiger partial charge in [-0.25, -0.2) is 13.1 Å². The second-order valence-corrected chi connectivity index (χ2v) is 8.80. The summed E-state index contributed by atoms with van der Waals surface area (Å²) in [6, 6.07) is 6.54. The van der Waals surface area contributed by atoms with Crippen molar-refractivity contribution in [3.05, 3.63) is 36.7 Å². The van der Waals surface area contributed by atoms with Crippen LogP contribution in [0.5, 0.6) is 5.75 Å². The standard InChI is InChI=1S/C18H23N3O4S/c1-25-17-7-6-13(20-9-3-8-19-20)12-18(17)26(23,24)21-14-4-2-5-15(21)11-16(22)10-14/h3,6-9,12,14-16,22H,2,4-5,10-11H2,1H3/t14-,15+,16?. The molecule has 2 aliphatic rings. The van der Waals surface area contributed by atoms with Crippen LogP contribution in [0.25, 0.3) is 5.69 Å². The molecule has 1 N–H and O–H groups in total. The van der Waals surface area contributed by atoms with E-state index in [1.807, 2.05) is 0 Å². The van der Waals surface area contributed by atoms with Crippen LogP contribution in [-0.2, 0) is 10.0 Å². The van der Waals surface area contributed by atoms with E-state index in [2.05, 4.69) is 5.10 Å². The van der Waals surface area contributed by atoms with E-state index in [1.165, 1.54) is 7.11 Å². The van der Waals surface area contributed by atoms with Crippen molar-refractivity contribution < 1.29 is 18.3 Å². The van der Waals surface area contributed by atoms with Gasteiger partial charge in [0, 0.05) is 24.5 Å². The molecule has 0 spiro atoms. The van der Waals surface area contributed by atoms with Crippen LogP contribution in [0.3, 0.4) is 0 Å². The maximum Gasteiger partial charge on any atom is 0.247 e. The molecule has 1 aromatic heterocycles. The predicted molar refractivity (Wildman–Crippen MR) is 95.8 cm³/mol. The third-order valence-electron chi connectivity index (χ3n) is 5.35. The van der Waals surface area contributed by atoms with Gasteiger partial charge in [-0.15, -0.1) is 0 Å². The van der Waals surface area contributed by atoms with Crippen molar-refractivity contribution in [2.45, 2.75) is 55.2 Å². The predicted octanol–water partition coefficient (Wildman–Crippen LogP) is 1.95. The van der Waals surface area contributed by atoms with Crippen LogP contribution in [0.4, 0.5) is 0 Å². The Labute approximate surface area is 153 Å². The van der Waals surface area contributed by atoms with Crippen molar-refractivity contribution in [3.63, 3.8) is 0 Å². The maximum atomic E-state index is 13.5. The van der Waals surface area contributed by atoms with E-state index in [0.717, 1.165) is 19.3 Å². The Morgan fingerprint density at radius 2 is 1.96 bits per heavy atom. The van der Waals surface area contributed by atoms with Gasteiger partial charge >= 0.3 is 0 Å². The highest BCUT2D eigenvalue weighted by Gasteiger charge is 2.45. The first-order chi connectivity index (χ1) is 12.5. The SMILES string of the molecule is COc1ccc(-n2cccn2)cc1S(=O)(=O)N1[C@@H]2CCC[C@H]1CC(O)C2. The van der Waals surface area contributed by atoms with E-state index in [9.17, 15) is 13.5 Å². The number of sulfonamides is 1. The molecule has 8 heteroatoms. The molecule has 0 saturated carbocycles. The summed E-state index contributed by atoms with van der Waals surface area (Å²) in [5.41, 5.74) is 0.663. The van der Waals surface area contributed by atoms with Gasteiger partial charge < -0.3 is 9.84 Å². The zero-order valence-corrected chi connectivity index (χ0v) is 15.5. The summed E-state index contributed by atoms with van der Waals surface area (Å²) in [5, 5.41) is 14.3. The van der Waals surface area contributed by atoms with Gasteiger partial charge in [-0.2, -0.15) is 9.40 Å². The number of aromatic nitrogens is 2. The molecule has 7 nitrogen and oxygen atoms in total. The highest BCUT2D eigenvalue weighted by molar-refractivity contribution is 7.89. The van der Waals surface area contributed by atoms with Crippen molar-refractivity contribution in [3.8, 4) is 11.4 Å². The molecule has 2 aromatic rings. The number of rotatable bonds is 4.